The van der Waals surface area contributed by atoms with E-state index in [2.05, 4.69) is 25.7 Å². The van der Waals surface area contributed by atoms with Gasteiger partial charge in [0.15, 0.2) is 0 Å². The zero-order valence-corrected chi connectivity index (χ0v) is 19.1. The van der Waals surface area contributed by atoms with Gasteiger partial charge in [-0.3, -0.25) is 9.59 Å². The third-order valence-electron chi connectivity index (χ3n) is 4.83. The van der Waals surface area contributed by atoms with Gasteiger partial charge in [-0.1, -0.05) is 11.6 Å². The van der Waals surface area contributed by atoms with E-state index in [0.29, 0.717) is 22.5 Å². The number of nitrogens with zero attached hydrogens (tertiary/aromatic N) is 4. The van der Waals surface area contributed by atoms with Gasteiger partial charge >= 0.3 is 6.18 Å². The molecule has 2 heterocycles. The van der Waals surface area contributed by atoms with Crippen molar-refractivity contribution in [2.45, 2.75) is 52.8 Å². The number of alkyl halides is 3. The molecule has 0 unspecified atom stereocenters. The number of hydrogen-bond donors (Lipinski definition) is 2. The number of rotatable bonds is 6. The van der Waals surface area contributed by atoms with Gasteiger partial charge in [-0.05, 0) is 57.9 Å². The van der Waals surface area contributed by atoms with Gasteiger partial charge in [-0.15, -0.1) is 5.10 Å². The summed E-state index contributed by atoms with van der Waals surface area (Å²) in [6.45, 7) is 6.89. The topological polar surface area (TPSA) is 101 Å². The van der Waals surface area contributed by atoms with Gasteiger partial charge < -0.3 is 10.6 Å². The maximum atomic E-state index is 12.9. The summed E-state index contributed by atoms with van der Waals surface area (Å²) in [7, 11) is 0. The molecule has 3 aromatic rings. The second-order valence-corrected chi connectivity index (χ2v) is 8.18. The van der Waals surface area contributed by atoms with E-state index in [4.69, 9.17) is 11.6 Å². The van der Waals surface area contributed by atoms with E-state index >= 15 is 0 Å². The van der Waals surface area contributed by atoms with Gasteiger partial charge in [0.05, 0.1) is 10.7 Å². The lowest BCUT2D eigenvalue weighted by Gasteiger charge is -2.13. The number of hydrogen-bond acceptors (Lipinski definition) is 5. The lowest BCUT2D eigenvalue weighted by Crippen LogP contribution is -2.30. The molecular formula is C21H22ClF3N6O2. The van der Waals surface area contributed by atoms with E-state index in [1.165, 1.54) is 12.1 Å². The SMILES string of the molecule is Cc1nc2nc(C(F)(F)F)nn2c(C)c1CCC(=O)Nc1cc(C(=O)NC(C)C)ccc1Cl. The number of amides is 2. The minimum absolute atomic E-state index is 0.00837. The minimum atomic E-state index is -4.69. The van der Waals surface area contributed by atoms with Crippen LogP contribution < -0.4 is 10.6 Å². The van der Waals surface area contributed by atoms with Crippen LogP contribution in [-0.2, 0) is 17.4 Å². The molecule has 176 valence electrons. The average Bonchev–Trinajstić information content (AvgIpc) is 3.13. The number of nitrogens with one attached hydrogen (secondary N) is 2. The predicted octanol–water partition coefficient (Wildman–Crippen LogP) is 4.12. The first-order valence-electron chi connectivity index (χ1n) is 10.1. The lowest BCUT2D eigenvalue weighted by atomic mass is 10.1. The molecule has 33 heavy (non-hydrogen) atoms. The van der Waals surface area contributed by atoms with Crippen LogP contribution in [0.3, 0.4) is 0 Å². The van der Waals surface area contributed by atoms with E-state index in [9.17, 15) is 22.8 Å². The van der Waals surface area contributed by atoms with Crippen molar-refractivity contribution in [3.8, 4) is 0 Å². The molecule has 0 aliphatic carbocycles. The van der Waals surface area contributed by atoms with E-state index in [1.54, 1.807) is 19.9 Å². The fourth-order valence-electron chi connectivity index (χ4n) is 3.25. The highest BCUT2D eigenvalue weighted by Crippen LogP contribution is 2.27. The van der Waals surface area contributed by atoms with Crippen LogP contribution in [0.5, 0.6) is 0 Å². The highest BCUT2D eigenvalue weighted by atomic mass is 35.5. The van der Waals surface area contributed by atoms with E-state index in [1.807, 2.05) is 13.8 Å². The van der Waals surface area contributed by atoms with Crippen molar-refractivity contribution in [3.63, 3.8) is 0 Å². The number of aromatic nitrogens is 4. The predicted molar refractivity (Wildman–Crippen MR) is 116 cm³/mol. The zero-order valence-electron chi connectivity index (χ0n) is 18.3. The molecule has 3 rings (SSSR count). The maximum Gasteiger partial charge on any atom is 0.453 e. The Balaban J connectivity index is 1.75. The van der Waals surface area contributed by atoms with Gasteiger partial charge in [-0.2, -0.15) is 18.2 Å². The van der Waals surface area contributed by atoms with Crippen LogP contribution in [0.2, 0.25) is 5.02 Å². The molecule has 0 aliphatic rings. The quantitative estimate of drug-likeness (QED) is 0.550. The van der Waals surface area contributed by atoms with Crippen LogP contribution in [0.1, 0.15) is 53.4 Å². The zero-order chi connectivity index (χ0) is 24.5. The summed E-state index contributed by atoms with van der Waals surface area (Å²) in [6.07, 6.45) is -4.47. The van der Waals surface area contributed by atoms with Crippen molar-refractivity contribution in [2.24, 2.45) is 0 Å². The first-order chi connectivity index (χ1) is 15.4. The Morgan fingerprint density at radius 1 is 1.18 bits per heavy atom. The molecule has 0 fully saturated rings. The number of fused-ring (bicyclic) bond motifs is 1. The summed E-state index contributed by atoms with van der Waals surface area (Å²) in [5, 5.41) is 9.20. The van der Waals surface area contributed by atoms with Gasteiger partial charge in [0.25, 0.3) is 17.5 Å². The number of halogens is 4. The summed E-state index contributed by atoms with van der Waals surface area (Å²) in [5.74, 6) is -2.11. The molecule has 0 saturated heterocycles. The molecule has 0 spiro atoms. The lowest BCUT2D eigenvalue weighted by molar-refractivity contribution is -0.144. The Kier molecular flexibility index (Phi) is 6.92. The second kappa shape index (κ2) is 9.34. The van der Waals surface area contributed by atoms with Crippen LogP contribution in [0.25, 0.3) is 5.78 Å². The van der Waals surface area contributed by atoms with E-state index < -0.39 is 12.0 Å². The molecule has 2 amide bonds. The summed E-state index contributed by atoms with van der Waals surface area (Å²) >= 11 is 6.16. The normalized spacial score (nSPS) is 11.8. The van der Waals surface area contributed by atoms with E-state index in [0.717, 1.165) is 4.52 Å². The van der Waals surface area contributed by atoms with Gasteiger partial charge in [-0.25, -0.2) is 9.50 Å². The van der Waals surface area contributed by atoms with Crippen LogP contribution in [0.4, 0.5) is 18.9 Å². The molecule has 2 N–H and O–H groups in total. The second-order valence-electron chi connectivity index (χ2n) is 7.78. The average molecular weight is 483 g/mol. The monoisotopic (exact) mass is 482 g/mol. The number of aryl methyl sites for hydroxylation is 2. The molecule has 0 saturated carbocycles. The fourth-order valence-corrected chi connectivity index (χ4v) is 3.41. The van der Waals surface area contributed by atoms with Crippen LogP contribution in [0.15, 0.2) is 18.2 Å². The van der Waals surface area contributed by atoms with Crippen molar-refractivity contribution in [3.05, 3.63) is 51.6 Å². The molecule has 0 bridgehead atoms. The van der Waals surface area contributed by atoms with Crippen LogP contribution in [-0.4, -0.2) is 37.4 Å². The minimum Gasteiger partial charge on any atom is -0.350 e. The Hall–Kier alpha value is -3.21. The molecular weight excluding hydrogens is 461 g/mol. The summed E-state index contributed by atoms with van der Waals surface area (Å²) in [4.78, 5) is 32.3. The van der Waals surface area contributed by atoms with Crippen molar-refractivity contribution in [1.82, 2.24) is 24.9 Å². The molecule has 0 aliphatic heterocycles. The smallest absolute Gasteiger partial charge is 0.350 e. The largest absolute Gasteiger partial charge is 0.453 e. The molecule has 0 radical (unpaired) electrons. The Morgan fingerprint density at radius 3 is 2.52 bits per heavy atom. The number of carbonyl (C=O) groups excluding carboxylic acids is 2. The van der Waals surface area contributed by atoms with Crippen LogP contribution >= 0.6 is 11.6 Å². The van der Waals surface area contributed by atoms with Crippen molar-refractivity contribution < 1.29 is 22.8 Å². The van der Waals surface area contributed by atoms with Gasteiger partial charge in [0.1, 0.15) is 0 Å². The number of carbonyl (C=O) groups is 2. The Bertz CT molecular complexity index is 1220. The Morgan fingerprint density at radius 2 is 1.88 bits per heavy atom. The summed E-state index contributed by atoms with van der Waals surface area (Å²) in [5.41, 5.74) is 2.09. The highest BCUT2D eigenvalue weighted by Gasteiger charge is 2.37. The molecule has 1 aromatic carbocycles. The van der Waals surface area contributed by atoms with Crippen molar-refractivity contribution >= 4 is 34.9 Å². The number of anilines is 1. The fraction of sp³-hybridized carbons (Fsp3) is 0.381. The summed E-state index contributed by atoms with van der Waals surface area (Å²) < 4.78 is 39.8. The highest BCUT2D eigenvalue weighted by molar-refractivity contribution is 6.33. The van der Waals surface area contributed by atoms with Gasteiger partial charge in [0.2, 0.25) is 5.91 Å². The molecule has 0 atom stereocenters. The first-order valence-corrected chi connectivity index (χ1v) is 10.4. The van der Waals surface area contributed by atoms with Crippen molar-refractivity contribution in [1.29, 1.82) is 0 Å². The standard InChI is InChI=1S/C21H22ClF3N6O2/c1-10(2)26-18(33)13-5-7-15(22)16(9-13)28-17(32)8-6-14-11(3)27-20-29-19(21(23,24)25)30-31(20)12(14)4/h5,7,9-10H,6,8H2,1-4H3,(H,26,33)(H,28,32). The van der Waals surface area contributed by atoms with Gasteiger partial charge in [0, 0.05) is 29.4 Å². The molecule has 2 aromatic heterocycles. The third-order valence-corrected chi connectivity index (χ3v) is 5.16. The first kappa shape index (κ1) is 24.4. The van der Waals surface area contributed by atoms with Crippen molar-refractivity contribution in [2.75, 3.05) is 5.32 Å². The molecule has 8 nitrogen and oxygen atoms in total. The Labute approximate surface area is 192 Å². The van der Waals surface area contributed by atoms with E-state index in [-0.39, 0.29) is 47.2 Å². The number of benzene rings is 1. The molecule has 12 heteroatoms. The summed E-state index contributed by atoms with van der Waals surface area (Å²) in [6, 6.07) is 4.50. The third kappa shape index (κ3) is 5.59. The maximum absolute atomic E-state index is 12.9. The van der Waals surface area contributed by atoms with Crippen LogP contribution in [0, 0.1) is 13.8 Å².